The maximum Gasteiger partial charge on any atom is 0.184 e. The third-order valence-corrected chi connectivity index (χ3v) is 3.63. The first-order chi connectivity index (χ1) is 10.2. The lowest BCUT2D eigenvalue weighted by Gasteiger charge is -2.04. The van der Waals surface area contributed by atoms with Gasteiger partial charge in [0.15, 0.2) is 5.78 Å². The first kappa shape index (κ1) is 15.5. The molecule has 2 heteroatoms. The Morgan fingerprint density at radius 2 is 1.76 bits per heavy atom. The van der Waals surface area contributed by atoms with Crippen molar-refractivity contribution in [3.63, 3.8) is 0 Å². The van der Waals surface area contributed by atoms with Crippen LogP contribution in [0, 0.1) is 0 Å². The molecule has 108 valence electrons. The number of carbonyl (C=O) groups excluding carboxylic acids is 1. The summed E-state index contributed by atoms with van der Waals surface area (Å²) in [5, 5.41) is -0.636. The normalized spacial score (nSPS) is 12.5. The van der Waals surface area contributed by atoms with E-state index in [0.29, 0.717) is 5.56 Å². The molecule has 0 aliphatic heterocycles. The summed E-state index contributed by atoms with van der Waals surface area (Å²) in [5.41, 5.74) is 3.03. The second kappa shape index (κ2) is 7.80. The van der Waals surface area contributed by atoms with E-state index in [1.165, 1.54) is 5.56 Å². The number of allylic oxidation sites excluding steroid dienone is 1. The van der Waals surface area contributed by atoms with Crippen LogP contribution in [0.15, 0.2) is 60.7 Å². The second-order valence-electron chi connectivity index (χ2n) is 4.98. The van der Waals surface area contributed by atoms with Crippen LogP contribution in [0.3, 0.4) is 0 Å². The summed E-state index contributed by atoms with van der Waals surface area (Å²) in [6.07, 6.45) is 5.87. The minimum absolute atomic E-state index is 0.0730. The van der Waals surface area contributed by atoms with Gasteiger partial charge in [0.1, 0.15) is 5.38 Å². The molecule has 0 amide bonds. The molecule has 0 saturated carbocycles. The van der Waals surface area contributed by atoms with Gasteiger partial charge < -0.3 is 0 Å². The average molecular weight is 299 g/mol. The molecule has 0 heterocycles. The zero-order chi connectivity index (χ0) is 15.1. The molecule has 0 N–H and O–H groups in total. The van der Waals surface area contributed by atoms with Crippen LogP contribution in [-0.2, 0) is 6.42 Å². The highest BCUT2D eigenvalue weighted by Crippen LogP contribution is 2.13. The topological polar surface area (TPSA) is 17.1 Å². The number of hydrogen-bond acceptors (Lipinski definition) is 1. The van der Waals surface area contributed by atoms with Crippen LogP contribution in [0.5, 0.6) is 0 Å². The van der Waals surface area contributed by atoms with Crippen LogP contribution in [0.4, 0.5) is 0 Å². The Hall–Kier alpha value is -1.86. The molecule has 1 nitrogen and oxygen atoms in total. The van der Waals surface area contributed by atoms with Gasteiger partial charge in [0.25, 0.3) is 0 Å². The first-order valence-electron chi connectivity index (χ1n) is 7.21. The Morgan fingerprint density at radius 1 is 1.10 bits per heavy atom. The molecule has 2 rings (SSSR count). The number of hydrogen-bond donors (Lipinski definition) is 0. The molecular formula is C19H19ClO. The largest absolute Gasteiger partial charge is 0.292 e. The lowest BCUT2D eigenvalue weighted by Crippen LogP contribution is -2.11. The molecule has 1 atom stereocenters. The van der Waals surface area contributed by atoms with Gasteiger partial charge in [-0.3, -0.25) is 4.79 Å². The standard InChI is InChI=1S/C19H19ClO/c1-2-6-15-9-11-16(12-10-15)13-14-18(20)19(21)17-7-4-3-5-8-17/h3-5,7-14,18H,2,6H2,1H3. The van der Waals surface area contributed by atoms with Crippen LogP contribution >= 0.6 is 11.6 Å². The van der Waals surface area contributed by atoms with Crippen molar-refractivity contribution in [3.05, 3.63) is 77.4 Å². The van der Waals surface area contributed by atoms with Crippen molar-refractivity contribution < 1.29 is 4.79 Å². The van der Waals surface area contributed by atoms with Crippen LogP contribution in [0.1, 0.15) is 34.8 Å². The van der Waals surface area contributed by atoms with E-state index in [1.807, 2.05) is 24.3 Å². The summed E-state index contributed by atoms with van der Waals surface area (Å²) in [6, 6.07) is 17.5. The molecular weight excluding hydrogens is 280 g/mol. The Morgan fingerprint density at radius 3 is 2.38 bits per heavy atom. The molecule has 0 bridgehead atoms. The number of alkyl halides is 1. The summed E-state index contributed by atoms with van der Waals surface area (Å²) < 4.78 is 0. The van der Waals surface area contributed by atoms with Crippen molar-refractivity contribution in [3.8, 4) is 0 Å². The maximum absolute atomic E-state index is 12.1. The molecule has 2 aromatic carbocycles. The van der Waals surface area contributed by atoms with Gasteiger partial charge in [0.2, 0.25) is 0 Å². The highest BCUT2D eigenvalue weighted by molar-refractivity contribution is 6.35. The monoisotopic (exact) mass is 298 g/mol. The van der Waals surface area contributed by atoms with Crippen molar-refractivity contribution in [2.24, 2.45) is 0 Å². The fraction of sp³-hybridized carbons (Fsp3) is 0.211. The van der Waals surface area contributed by atoms with E-state index in [1.54, 1.807) is 18.2 Å². The molecule has 0 spiro atoms. The van der Waals surface area contributed by atoms with Gasteiger partial charge in [-0.05, 0) is 17.5 Å². The third-order valence-electron chi connectivity index (χ3n) is 3.28. The van der Waals surface area contributed by atoms with Gasteiger partial charge in [0.05, 0.1) is 0 Å². The Kier molecular flexibility index (Phi) is 5.77. The van der Waals surface area contributed by atoms with Crippen LogP contribution < -0.4 is 0 Å². The van der Waals surface area contributed by atoms with E-state index in [-0.39, 0.29) is 5.78 Å². The fourth-order valence-electron chi connectivity index (χ4n) is 2.13. The van der Waals surface area contributed by atoms with Crippen molar-refractivity contribution in [1.29, 1.82) is 0 Å². The maximum atomic E-state index is 12.1. The lowest BCUT2D eigenvalue weighted by molar-refractivity contribution is 0.0999. The predicted octanol–water partition coefficient (Wildman–Crippen LogP) is 5.14. The van der Waals surface area contributed by atoms with Crippen LogP contribution in [0.25, 0.3) is 6.08 Å². The number of halogens is 1. The van der Waals surface area contributed by atoms with Gasteiger partial charge >= 0.3 is 0 Å². The van der Waals surface area contributed by atoms with Crippen molar-refractivity contribution in [2.45, 2.75) is 25.1 Å². The molecule has 0 fully saturated rings. The smallest absolute Gasteiger partial charge is 0.184 e. The van der Waals surface area contributed by atoms with Gasteiger partial charge in [-0.1, -0.05) is 80.1 Å². The molecule has 1 unspecified atom stereocenters. The zero-order valence-electron chi connectivity index (χ0n) is 12.1. The zero-order valence-corrected chi connectivity index (χ0v) is 12.9. The van der Waals surface area contributed by atoms with Gasteiger partial charge in [0, 0.05) is 5.56 Å². The van der Waals surface area contributed by atoms with E-state index in [2.05, 4.69) is 31.2 Å². The lowest BCUT2D eigenvalue weighted by atomic mass is 10.1. The number of rotatable bonds is 6. The van der Waals surface area contributed by atoms with Gasteiger partial charge in [-0.2, -0.15) is 0 Å². The highest BCUT2D eigenvalue weighted by Gasteiger charge is 2.13. The quantitative estimate of drug-likeness (QED) is 0.533. The van der Waals surface area contributed by atoms with Crippen molar-refractivity contribution >= 4 is 23.5 Å². The number of benzene rings is 2. The van der Waals surface area contributed by atoms with E-state index >= 15 is 0 Å². The Bertz CT molecular complexity index is 599. The fourth-order valence-corrected chi connectivity index (χ4v) is 2.33. The SMILES string of the molecule is CCCc1ccc(C=CC(Cl)C(=O)c2ccccc2)cc1. The summed E-state index contributed by atoms with van der Waals surface area (Å²) in [7, 11) is 0. The van der Waals surface area contributed by atoms with Crippen molar-refractivity contribution in [2.75, 3.05) is 0 Å². The average Bonchev–Trinajstić information content (AvgIpc) is 2.54. The van der Waals surface area contributed by atoms with Gasteiger partial charge in [-0.15, -0.1) is 11.6 Å². The molecule has 0 saturated heterocycles. The first-order valence-corrected chi connectivity index (χ1v) is 7.65. The minimum Gasteiger partial charge on any atom is -0.292 e. The summed E-state index contributed by atoms with van der Waals surface area (Å²) in [5.74, 6) is -0.0730. The molecule has 0 aliphatic carbocycles. The third kappa shape index (κ3) is 4.57. The van der Waals surface area contributed by atoms with E-state index in [4.69, 9.17) is 11.6 Å². The van der Waals surface area contributed by atoms with Gasteiger partial charge in [-0.25, -0.2) is 0 Å². The molecule has 0 radical (unpaired) electrons. The predicted molar refractivity (Wildman–Crippen MR) is 89.9 cm³/mol. The molecule has 2 aromatic rings. The number of ketones is 1. The number of aryl methyl sites for hydroxylation is 1. The number of carbonyl (C=O) groups is 1. The van der Waals surface area contributed by atoms with Crippen molar-refractivity contribution in [1.82, 2.24) is 0 Å². The highest BCUT2D eigenvalue weighted by atomic mass is 35.5. The van der Waals surface area contributed by atoms with Crippen LogP contribution in [-0.4, -0.2) is 11.2 Å². The van der Waals surface area contributed by atoms with E-state index in [9.17, 15) is 4.79 Å². The molecule has 0 aliphatic rings. The molecule has 0 aromatic heterocycles. The molecule has 21 heavy (non-hydrogen) atoms. The minimum atomic E-state index is -0.636. The van der Waals surface area contributed by atoms with Crippen LogP contribution in [0.2, 0.25) is 0 Å². The second-order valence-corrected chi connectivity index (χ2v) is 5.45. The summed E-state index contributed by atoms with van der Waals surface area (Å²) in [4.78, 5) is 12.1. The van der Waals surface area contributed by atoms with E-state index < -0.39 is 5.38 Å². The van der Waals surface area contributed by atoms with E-state index in [0.717, 1.165) is 18.4 Å². The summed E-state index contributed by atoms with van der Waals surface area (Å²) >= 11 is 6.16. The number of Topliss-reactive ketones (excluding diaryl/α,β-unsaturated/α-hetero) is 1. The Balaban J connectivity index is 2.01. The summed E-state index contributed by atoms with van der Waals surface area (Å²) in [6.45, 7) is 2.17. The Labute approximate surface area is 131 Å².